The van der Waals surface area contributed by atoms with Crippen LogP contribution in [0.5, 0.6) is 0 Å². The summed E-state index contributed by atoms with van der Waals surface area (Å²) < 4.78 is 0. The van der Waals surface area contributed by atoms with Crippen molar-refractivity contribution in [3.05, 3.63) is 6.15 Å². The minimum absolute atomic E-state index is 0. The summed E-state index contributed by atoms with van der Waals surface area (Å²) in [5, 5.41) is 16.4. The van der Waals surface area contributed by atoms with Gasteiger partial charge in [-0.15, -0.1) is 0 Å². The topological polar surface area (TPSA) is 142 Å². The van der Waals surface area contributed by atoms with Crippen molar-refractivity contribution in [1.82, 2.24) is 0 Å². The van der Waals surface area contributed by atoms with Crippen LogP contribution < -0.4 is 0 Å². The smallest absolute Gasteiger partial charge is 0.317 e. The molecule has 4 N–H and O–H groups in total. The van der Waals surface area contributed by atoms with Crippen LogP contribution in [0.15, 0.2) is 0 Å². The molecule has 21 heavy (non-hydrogen) atoms. The summed E-state index contributed by atoms with van der Waals surface area (Å²) in [6.45, 7) is 1.08. The van der Waals surface area contributed by atoms with Crippen LogP contribution in [0.25, 0.3) is 6.15 Å². The Morgan fingerprint density at radius 1 is 1.33 bits per heavy atom. The SMILES string of the molecule is CC(=O)O.O=CCCCC1(C(=O)O)CCCC1=O.P.[NH2-].[Pd]. The summed E-state index contributed by atoms with van der Waals surface area (Å²) in [4.78, 5) is 41.6. The minimum atomic E-state index is -1.18. The second-order valence-electron chi connectivity index (χ2n) is 4.24. The number of carbonyl (C=O) groups is 4. The van der Waals surface area contributed by atoms with Crippen molar-refractivity contribution in [3.8, 4) is 0 Å². The van der Waals surface area contributed by atoms with Crippen molar-refractivity contribution >= 4 is 33.9 Å². The van der Waals surface area contributed by atoms with Gasteiger partial charge in [0.25, 0.3) is 5.97 Å². The Kier molecular flexibility index (Phi) is 19.4. The molecule has 1 saturated carbocycles. The number of aliphatic carboxylic acids is 2. The number of rotatable bonds is 5. The van der Waals surface area contributed by atoms with Gasteiger partial charge in [-0.2, -0.15) is 9.90 Å². The van der Waals surface area contributed by atoms with Crippen LogP contribution >= 0.6 is 9.90 Å². The van der Waals surface area contributed by atoms with E-state index in [-0.39, 0.29) is 42.3 Å². The zero-order valence-corrected chi connectivity index (χ0v) is 14.9. The van der Waals surface area contributed by atoms with E-state index < -0.39 is 17.4 Å². The number of Topliss-reactive ketones (excluding diaryl/α,β-unsaturated/α-hetero) is 1. The molecular formula is C12H23NO6PPd-. The van der Waals surface area contributed by atoms with Crippen LogP contribution in [0.1, 0.15) is 45.4 Å². The molecule has 9 heteroatoms. The van der Waals surface area contributed by atoms with Gasteiger partial charge in [0, 0.05) is 40.2 Å². The molecule has 0 amide bonds. The molecule has 0 spiro atoms. The van der Waals surface area contributed by atoms with Crippen LogP contribution in [0.3, 0.4) is 0 Å². The van der Waals surface area contributed by atoms with E-state index in [9.17, 15) is 14.4 Å². The molecule has 0 heterocycles. The fourth-order valence-corrected chi connectivity index (χ4v) is 2.01. The van der Waals surface area contributed by atoms with E-state index >= 15 is 0 Å². The fourth-order valence-electron chi connectivity index (χ4n) is 2.01. The van der Waals surface area contributed by atoms with E-state index in [2.05, 4.69) is 0 Å². The van der Waals surface area contributed by atoms with Crippen molar-refractivity contribution in [2.45, 2.75) is 45.4 Å². The van der Waals surface area contributed by atoms with E-state index in [0.717, 1.165) is 13.2 Å². The molecule has 0 aromatic carbocycles. The number of carboxylic acid groups (broad SMARTS) is 2. The number of nitrogens with two attached hydrogens (primary N) is 1. The molecule has 1 fully saturated rings. The molecule has 128 valence electrons. The summed E-state index contributed by atoms with van der Waals surface area (Å²) in [6, 6.07) is 0. The van der Waals surface area contributed by atoms with E-state index in [4.69, 9.17) is 15.0 Å². The third-order valence-corrected chi connectivity index (χ3v) is 2.88. The molecule has 0 radical (unpaired) electrons. The van der Waals surface area contributed by atoms with Crippen molar-refractivity contribution in [2.75, 3.05) is 0 Å². The van der Waals surface area contributed by atoms with Gasteiger partial charge in [0.15, 0.2) is 0 Å². The molecule has 2 atom stereocenters. The molecule has 7 nitrogen and oxygen atoms in total. The molecule has 0 bridgehead atoms. The van der Waals surface area contributed by atoms with Crippen molar-refractivity contribution in [3.63, 3.8) is 0 Å². The first-order chi connectivity index (χ1) is 8.36. The number of ketones is 1. The van der Waals surface area contributed by atoms with Gasteiger partial charge in [-0.1, -0.05) is 0 Å². The first-order valence-electron chi connectivity index (χ1n) is 5.76. The molecule has 0 aromatic heterocycles. The van der Waals surface area contributed by atoms with E-state index in [0.29, 0.717) is 38.5 Å². The molecule has 1 rings (SSSR count). The first kappa shape index (κ1) is 28.5. The standard InChI is InChI=1S/C10H14O4.C2H4O2.H2N.H3P.Pd/c11-7-2-1-5-10(9(13)14)6-3-4-8(10)12;1-2(3)4;;;/h7H,1-6H2,(H,13,14);1H3,(H,3,4);1H2;1H3;/q;;-1;;. The predicted octanol–water partition coefficient (Wildman–Crippen LogP) is 2.04. The van der Waals surface area contributed by atoms with Crippen molar-refractivity contribution < 1.29 is 49.8 Å². The van der Waals surface area contributed by atoms with Gasteiger partial charge >= 0.3 is 5.97 Å². The Morgan fingerprint density at radius 3 is 2.10 bits per heavy atom. The maximum absolute atomic E-state index is 11.5. The molecule has 1 aliphatic rings. The molecule has 1 aliphatic carbocycles. The summed E-state index contributed by atoms with van der Waals surface area (Å²) in [6.07, 6.45) is 3.35. The van der Waals surface area contributed by atoms with Gasteiger partial charge in [-0.05, 0) is 25.7 Å². The van der Waals surface area contributed by atoms with E-state index in [1.165, 1.54) is 0 Å². The monoisotopic (exact) mass is 414 g/mol. The Hall–Kier alpha value is -0.668. The number of unbranched alkanes of at least 4 members (excludes halogenated alkanes) is 1. The van der Waals surface area contributed by atoms with Crippen LogP contribution in [0.4, 0.5) is 0 Å². The second-order valence-corrected chi connectivity index (χ2v) is 4.24. The van der Waals surface area contributed by atoms with Crippen molar-refractivity contribution in [1.29, 1.82) is 0 Å². The zero-order valence-electron chi connectivity index (χ0n) is 11.9. The maximum atomic E-state index is 11.5. The van der Waals surface area contributed by atoms with Crippen LogP contribution in [0.2, 0.25) is 0 Å². The average Bonchev–Trinajstić information content (AvgIpc) is 2.61. The maximum Gasteiger partial charge on any atom is 0.317 e. The summed E-state index contributed by atoms with van der Waals surface area (Å²) >= 11 is 0. The zero-order chi connectivity index (χ0) is 14.2. The Labute approximate surface area is 141 Å². The van der Waals surface area contributed by atoms with Crippen LogP contribution in [-0.2, 0) is 39.6 Å². The summed E-state index contributed by atoms with van der Waals surface area (Å²) in [7, 11) is 0. The average molecular weight is 415 g/mol. The number of carbonyl (C=O) groups excluding carboxylic acids is 2. The molecule has 0 saturated heterocycles. The van der Waals surface area contributed by atoms with Gasteiger partial charge in [0.2, 0.25) is 0 Å². The normalized spacial score (nSPS) is 18.8. The number of hydrogen-bond donors (Lipinski definition) is 2. The van der Waals surface area contributed by atoms with Gasteiger partial charge in [-0.3, -0.25) is 14.4 Å². The minimum Gasteiger partial charge on any atom is -0.693 e. The number of hydrogen-bond acceptors (Lipinski definition) is 4. The van der Waals surface area contributed by atoms with Gasteiger partial charge in [-0.25, -0.2) is 0 Å². The first-order valence-corrected chi connectivity index (χ1v) is 5.76. The summed E-state index contributed by atoms with van der Waals surface area (Å²) in [5.74, 6) is -2.03. The van der Waals surface area contributed by atoms with E-state index in [1.807, 2.05) is 0 Å². The fraction of sp³-hybridized carbons (Fsp3) is 0.667. The predicted molar refractivity (Wildman–Crippen MR) is 78.5 cm³/mol. The van der Waals surface area contributed by atoms with Crippen LogP contribution in [-0.4, -0.2) is 34.2 Å². The Bertz CT molecular complexity index is 349. The quantitative estimate of drug-likeness (QED) is 0.232. The second kappa shape index (κ2) is 14.3. The molecule has 0 aliphatic heterocycles. The number of aldehydes is 1. The number of carboxylic acids is 2. The van der Waals surface area contributed by atoms with Gasteiger partial charge < -0.3 is 21.2 Å². The van der Waals surface area contributed by atoms with Crippen molar-refractivity contribution in [2.24, 2.45) is 5.41 Å². The Balaban J connectivity index is -0.000000185. The summed E-state index contributed by atoms with van der Waals surface area (Å²) in [5.41, 5.74) is -1.18. The van der Waals surface area contributed by atoms with Crippen LogP contribution in [0, 0.1) is 5.41 Å². The molecule has 2 unspecified atom stereocenters. The Morgan fingerprint density at radius 2 is 1.81 bits per heavy atom. The third kappa shape index (κ3) is 9.81. The van der Waals surface area contributed by atoms with Gasteiger partial charge in [0.05, 0.1) is 0 Å². The third-order valence-electron chi connectivity index (χ3n) is 2.88. The largest absolute Gasteiger partial charge is 0.693 e. The molecule has 0 aromatic rings. The van der Waals surface area contributed by atoms with E-state index in [1.54, 1.807) is 0 Å². The molecular weight excluding hydrogens is 392 g/mol. The van der Waals surface area contributed by atoms with Gasteiger partial charge in [0.1, 0.15) is 17.5 Å².